The van der Waals surface area contributed by atoms with Crippen molar-refractivity contribution in [3.05, 3.63) is 42.0 Å². The molecule has 4 N–H and O–H groups in total. The molecule has 2 aromatic rings. The van der Waals surface area contributed by atoms with Gasteiger partial charge >= 0.3 is 0 Å². The number of Topliss-reactive ketones (excluding diaryl/α,β-unsaturated/α-hetero) is 1. The van der Waals surface area contributed by atoms with Gasteiger partial charge in [0.25, 0.3) is 12.3 Å². The lowest BCUT2D eigenvalue weighted by Gasteiger charge is -2.26. The highest BCUT2D eigenvalue weighted by Gasteiger charge is 2.33. The Morgan fingerprint density at radius 1 is 1.11 bits per heavy atom. The number of hydrogen-bond acceptors (Lipinski definition) is 7. The lowest BCUT2D eigenvalue weighted by molar-refractivity contribution is -0.140. The number of carbonyl (C=O) groups excluding carboxylic acids is 3. The molecule has 1 aliphatic carbocycles. The van der Waals surface area contributed by atoms with Crippen LogP contribution in [0.25, 0.3) is 0 Å². The Bertz CT molecular complexity index is 1030. The number of ether oxygens (including phenoxy) is 1. The first-order valence-corrected chi connectivity index (χ1v) is 12.5. The second-order valence-corrected chi connectivity index (χ2v) is 9.40. The SMILES string of the molecule is CCC[C@H](NC(=O)[C@H](Cc1ncn[nH]1)N[C@@H](c1ccc(OC2CC2)cc1)C(F)F)C(=O)C(=O)NC(C)C. The summed E-state index contributed by atoms with van der Waals surface area (Å²) in [6, 6.07) is 2.27. The molecule has 202 valence electrons. The summed E-state index contributed by atoms with van der Waals surface area (Å²) in [4.78, 5) is 42.3. The molecular weight excluding hydrogens is 486 g/mol. The molecule has 1 aliphatic rings. The largest absolute Gasteiger partial charge is 0.490 e. The maximum Gasteiger partial charge on any atom is 0.289 e. The van der Waals surface area contributed by atoms with Gasteiger partial charge in [-0.25, -0.2) is 13.8 Å². The molecule has 3 atom stereocenters. The summed E-state index contributed by atoms with van der Waals surface area (Å²) in [5.74, 6) is -1.42. The summed E-state index contributed by atoms with van der Waals surface area (Å²) in [5.41, 5.74) is 0.269. The smallest absolute Gasteiger partial charge is 0.289 e. The fourth-order valence-corrected chi connectivity index (χ4v) is 3.73. The van der Waals surface area contributed by atoms with Crippen molar-refractivity contribution in [1.29, 1.82) is 0 Å². The Kier molecular flexibility index (Phi) is 10.1. The quantitative estimate of drug-likeness (QED) is 0.264. The first-order chi connectivity index (χ1) is 17.7. The molecule has 1 aromatic carbocycles. The predicted octanol–water partition coefficient (Wildman–Crippen LogP) is 2.23. The number of aromatic amines is 1. The number of halogens is 2. The van der Waals surface area contributed by atoms with Gasteiger partial charge in [-0.1, -0.05) is 25.5 Å². The maximum absolute atomic E-state index is 14.2. The van der Waals surface area contributed by atoms with Crippen LogP contribution in [0.3, 0.4) is 0 Å². The molecule has 0 spiro atoms. The van der Waals surface area contributed by atoms with Gasteiger partial charge < -0.3 is 15.4 Å². The van der Waals surface area contributed by atoms with E-state index in [2.05, 4.69) is 31.1 Å². The van der Waals surface area contributed by atoms with E-state index >= 15 is 0 Å². The van der Waals surface area contributed by atoms with Crippen LogP contribution < -0.4 is 20.7 Å². The standard InChI is InChI=1S/C25H34F2N6O4/c1-4-5-18(22(34)25(36)30-14(2)3)32-24(35)19(12-20-28-13-29-33-20)31-21(23(26)27)15-6-8-16(9-7-15)37-17-10-11-17/h6-9,13-14,17-19,21,23,31H,4-5,10-12H2,1-3H3,(H,30,36)(H,32,35)(H,28,29,33)/t18-,19-,21-/m0/s1. The molecule has 0 radical (unpaired) electrons. The van der Waals surface area contributed by atoms with Crippen molar-refractivity contribution < 1.29 is 27.9 Å². The molecular formula is C25H34F2N6O4. The van der Waals surface area contributed by atoms with Crippen LogP contribution in [0.1, 0.15) is 63.9 Å². The van der Waals surface area contributed by atoms with Crippen LogP contribution in [0.4, 0.5) is 8.78 Å². The number of carbonyl (C=O) groups is 3. The average molecular weight is 521 g/mol. The minimum Gasteiger partial charge on any atom is -0.490 e. The molecule has 2 amide bonds. The van der Waals surface area contributed by atoms with Crippen LogP contribution in [0.15, 0.2) is 30.6 Å². The predicted molar refractivity (Wildman–Crippen MR) is 131 cm³/mol. The monoisotopic (exact) mass is 520 g/mol. The number of hydrogen-bond donors (Lipinski definition) is 4. The highest BCUT2D eigenvalue weighted by molar-refractivity contribution is 6.38. The van der Waals surface area contributed by atoms with E-state index in [-0.39, 0.29) is 30.6 Å². The molecule has 1 aromatic heterocycles. The van der Waals surface area contributed by atoms with Gasteiger partial charge in [0, 0.05) is 12.5 Å². The van der Waals surface area contributed by atoms with E-state index in [0.29, 0.717) is 18.0 Å². The third-order valence-corrected chi connectivity index (χ3v) is 5.73. The number of aromatic nitrogens is 3. The molecule has 37 heavy (non-hydrogen) atoms. The lowest BCUT2D eigenvalue weighted by Crippen LogP contribution is -2.55. The molecule has 3 rings (SSSR count). The second-order valence-electron chi connectivity index (χ2n) is 9.40. The highest BCUT2D eigenvalue weighted by Crippen LogP contribution is 2.29. The van der Waals surface area contributed by atoms with Crippen LogP contribution in [0, 0.1) is 0 Å². The Balaban J connectivity index is 1.78. The molecule has 1 fully saturated rings. The fourth-order valence-electron chi connectivity index (χ4n) is 3.73. The van der Waals surface area contributed by atoms with Crippen LogP contribution in [-0.4, -0.2) is 63.4 Å². The summed E-state index contributed by atoms with van der Waals surface area (Å²) in [6.45, 7) is 5.23. The molecule has 0 saturated heterocycles. The number of H-pyrrole nitrogens is 1. The van der Waals surface area contributed by atoms with Gasteiger partial charge in [0.1, 0.15) is 17.9 Å². The summed E-state index contributed by atoms with van der Waals surface area (Å²) in [6.07, 6.45) is 1.16. The van der Waals surface area contributed by atoms with E-state index in [9.17, 15) is 23.2 Å². The minimum absolute atomic E-state index is 0.0941. The van der Waals surface area contributed by atoms with Gasteiger partial charge in [-0.2, -0.15) is 5.10 Å². The normalized spacial score (nSPS) is 15.8. The lowest BCUT2D eigenvalue weighted by atomic mass is 10.0. The summed E-state index contributed by atoms with van der Waals surface area (Å²) in [7, 11) is 0. The Morgan fingerprint density at radius 2 is 1.81 bits per heavy atom. The minimum atomic E-state index is -2.84. The van der Waals surface area contributed by atoms with Gasteiger partial charge in [0.05, 0.1) is 24.2 Å². The Morgan fingerprint density at radius 3 is 2.35 bits per heavy atom. The number of rotatable bonds is 15. The molecule has 1 saturated carbocycles. The molecule has 12 heteroatoms. The zero-order valence-corrected chi connectivity index (χ0v) is 21.2. The summed E-state index contributed by atoms with van der Waals surface area (Å²) in [5, 5.41) is 14.2. The first kappa shape index (κ1) is 28.2. The Labute approximate surface area is 214 Å². The van der Waals surface area contributed by atoms with E-state index in [1.54, 1.807) is 32.9 Å². The van der Waals surface area contributed by atoms with Crippen LogP contribution >= 0.6 is 0 Å². The average Bonchev–Trinajstić information content (AvgIpc) is 3.51. The number of nitrogens with zero attached hydrogens (tertiary/aromatic N) is 2. The van der Waals surface area contributed by atoms with Crippen molar-refractivity contribution in [2.75, 3.05) is 0 Å². The fraction of sp³-hybridized carbons (Fsp3) is 0.560. The molecule has 1 heterocycles. The zero-order valence-electron chi connectivity index (χ0n) is 21.2. The summed E-state index contributed by atoms with van der Waals surface area (Å²) < 4.78 is 34.0. The number of benzene rings is 1. The van der Waals surface area contributed by atoms with Crippen molar-refractivity contribution in [2.24, 2.45) is 0 Å². The number of nitrogens with one attached hydrogen (secondary N) is 4. The van der Waals surface area contributed by atoms with Crippen LogP contribution in [0.2, 0.25) is 0 Å². The molecule has 0 aliphatic heterocycles. The number of amides is 2. The van der Waals surface area contributed by atoms with Crippen LogP contribution in [0.5, 0.6) is 5.75 Å². The van der Waals surface area contributed by atoms with Crippen molar-refractivity contribution in [3.8, 4) is 5.75 Å². The van der Waals surface area contributed by atoms with Gasteiger partial charge in [0.2, 0.25) is 11.7 Å². The van der Waals surface area contributed by atoms with E-state index < -0.39 is 42.1 Å². The van der Waals surface area contributed by atoms with Crippen molar-refractivity contribution in [1.82, 2.24) is 31.1 Å². The first-order valence-electron chi connectivity index (χ1n) is 12.5. The second kappa shape index (κ2) is 13.2. The number of ketones is 1. The maximum atomic E-state index is 14.2. The van der Waals surface area contributed by atoms with Crippen molar-refractivity contribution in [3.63, 3.8) is 0 Å². The van der Waals surface area contributed by atoms with Crippen LogP contribution in [-0.2, 0) is 20.8 Å². The topological polar surface area (TPSA) is 138 Å². The van der Waals surface area contributed by atoms with Crippen molar-refractivity contribution >= 4 is 17.6 Å². The third kappa shape index (κ3) is 8.59. The van der Waals surface area contributed by atoms with E-state index in [0.717, 1.165) is 12.8 Å². The third-order valence-electron chi connectivity index (χ3n) is 5.73. The van der Waals surface area contributed by atoms with Crippen molar-refractivity contribution in [2.45, 2.75) is 89.6 Å². The molecule has 10 nitrogen and oxygen atoms in total. The highest BCUT2D eigenvalue weighted by atomic mass is 19.3. The van der Waals surface area contributed by atoms with Gasteiger partial charge in [-0.15, -0.1) is 0 Å². The molecule has 0 unspecified atom stereocenters. The van der Waals surface area contributed by atoms with E-state index in [1.807, 2.05) is 0 Å². The van der Waals surface area contributed by atoms with E-state index in [1.165, 1.54) is 18.5 Å². The van der Waals surface area contributed by atoms with E-state index in [4.69, 9.17) is 4.74 Å². The number of alkyl halides is 2. The summed E-state index contributed by atoms with van der Waals surface area (Å²) >= 11 is 0. The van der Waals surface area contributed by atoms with Gasteiger partial charge in [-0.05, 0) is 50.8 Å². The zero-order chi connectivity index (χ0) is 26.9. The van der Waals surface area contributed by atoms with Gasteiger partial charge in [0.15, 0.2) is 0 Å². The van der Waals surface area contributed by atoms with Gasteiger partial charge in [-0.3, -0.25) is 24.8 Å². The molecule has 0 bridgehead atoms. The Hall–Kier alpha value is -3.41.